The molecule has 19 heavy (non-hydrogen) atoms. The molecule has 5 nitrogen and oxygen atoms in total. The Balaban J connectivity index is 2.24. The van der Waals surface area contributed by atoms with Crippen molar-refractivity contribution in [3.63, 3.8) is 0 Å². The summed E-state index contributed by atoms with van der Waals surface area (Å²) in [6.07, 6.45) is 3.32. The molecule has 2 rings (SSSR count). The van der Waals surface area contributed by atoms with Crippen LogP contribution in [0.15, 0.2) is 24.5 Å². The SMILES string of the molecule is CN(Cc1ncc[nH]1)C(=O)c1cc(N)cc(Cl)c1Cl. The number of amides is 1. The molecule has 0 saturated heterocycles. The van der Waals surface area contributed by atoms with E-state index in [4.69, 9.17) is 28.9 Å². The first kappa shape index (κ1) is 13.7. The first-order valence-corrected chi connectivity index (χ1v) is 6.23. The lowest BCUT2D eigenvalue weighted by Gasteiger charge is -2.17. The molecule has 0 aliphatic rings. The molecule has 0 aliphatic carbocycles. The van der Waals surface area contributed by atoms with Crippen LogP contribution in [0.25, 0.3) is 0 Å². The van der Waals surface area contributed by atoms with Crippen LogP contribution in [-0.2, 0) is 6.54 Å². The maximum Gasteiger partial charge on any atom is 0.255 e. The van der Waals surface area contributed by atoms with Crippen LogP contribution in [0, 0.1) is 0 Å². The Hall–Kier alpha value is -1.72. The summed E-state index contributed by atoms with van der Waals surface area (Å²) in [4.78, 5) is 20.7. The highest BCUT2D eigenvalue weighted by Gasteiger charge is 2.18. The molecule has 1 amide bonds. The van der Waals surface area contributed by atoms with Gasteiger partial charge in [0.05, 0.1) is 22.2 Å². The van der Waals surface area contributed by atoms with E-state index in [0.717, 1.165) is 0 Å². The predicted molar refractivity (Wildman–Crippen MR) is 75.3 cm³/mol. The summed E-state index contributed by atoms with van der Waals surface area (Å²) in [5.74, 6) is 0.414. The standard InChI is InChI=1S/C12H12Cl2N4O/c1-18(6-10-16-2-3-17-10)12(19)8-4-7(15)5-9(13)11(8)14/h2-5H,6,15H2,1H3,(H,16,17). The van der Waals surface area contributed by atoms with E-state index in [9.17, 15) is 4.79 Å². The highest BCUT2D eigenvalue weighted by Crippen LogP contribution is 2.29. The number of nitrogens with one attached hydrogen (secondary N) is 1. The Morgan fingerprint density at radius 2 is 2.21 bits per heavy atom. The summed E-state index contributed by atoms with van der Waals surface area (Å²) in [6.45, 7) is 0.342. The van der Waals surface area contributed by atoms with Crippen LogP contribution >= 0.6 is 23.2 Å². The molecular weight excluding hydrogens is 287 g/mol. The normalized spacial score (nSPS) is 10.5. The average molecular weight is 299 g/mol. The van der Waals surface area contributed by atoms with Gasteiger partial charge in [0.25, 0.3) is 5.91 Å². The zero-order valence-electron chi connectivity index (χ0n) is 10.2. The third kappa shape index (κ3) is 3.00. The number of aromatic amines is 1. The van der Waals surface area contributed by atoms with Crippen molar-refractivity contribution < 1.29 is 4.79 Å². The van der Waals surface area contributed by atoms with Crippen LogP contribution in [0.3, 0.4) is 0 Å². The summed E-state index contributed by atoms with van der Waals surface area (Å²) >= 11 is 11.9. The Labute approximate surface area is 120 Å². The van der Waals surface area contributed by atoms with E-state index in [2.05, 4.69) is 9.97 Å². The molecule has 0 radical (unpaired) electrons. The van der Waals surface area contributed by atoms with Crippen molar-refractivity contribution in [1.29, 1.82) is 0 Å². The number of carbonyl (C=O) groups excluding carboxylic acids is 1. The fourth-order valence-corrected chi connectivity index (χ4v) is 2.07. The molecular formula is C12H12Cl2N4O. The van der Waals surface area contributed by atoms with Crippen molar-refractivity contribution in [2.24, 2.45) is 0 Å². The lowest BCUT2D eigenvalue weighted by molar-refractivity contribution is 0.0782. The molecule has 0 atom stereocenters. The molecule has 0 saturated carbocycles. The van der Waals surface area contributed by atoms with Gasteiger partial charge in [-0.1, -0.05) is 23.2 Å². The highest BCUT2D eigenvalue weighted by atomic mass is 35.5. The predicted octanol–water partition coefficient (Wildman–Crippen LogP) is 2.57. The van der Waals surface area contributed by atoms with E-state index in [1.54, 1.807) is 19.4 Å². The van der Waals surface area contributed by atoms with E-state index in [0.29, 0.717) is 18.1 Å². The van der Waals surface area contributed by atoms with Crippen molar-refractivity contribution in [2.75, 3.05) is 12.8 Å². The molecule has 0 bridgehead atoms. The second-order valence-corrected chi connectivity index (χ2v) is 4.85. The summed E-state index contributed by atoms with van der Waals surface area (Å²) in [5.41, 5.74) is 6.34. The van der Waals surface area contributed by atoms with Crippen LogP contribution in [0.4, 0.5) is 5.69 Å². The lowest BCUT2D eigenvalue weighted by Crippen LogP contribution is -2.27. The topological polar surface area (TPSA) is 75.0 Å². The number of H-pyrrole nitrogens is 1. The largest absolute Gasteiger partial charge is 0.399 e. The van der Waals surface area contributed by atoms with E-state index in [-0.39, 0.29) is 21.5 Å². The summed E-state index contributed by atoms with van der Waals surface area (Å²) in [6, 6.07) is 3.02. The Kier molecular flexibility index (Phi) is 3.97. The third-order valence-electron chi connectivity index (χ3n) is 2.57. The van der Waals surface area contributed by atoms with E-state index < -0.39 is 0 Å². The number of nitrogen functional groups attached to an aromatic ring is 1. The van der Waals surface area contributed by atoms with Gasteiger partial charge in [0.15, 0.2) is 0 Å². The maximum atomic E-state index is 12.3. The second-order valence-electron chi connectivity index (χ2n) is 4.06. The minimum Gasteiger partial charge on any atom is -0.399 e. The summed E-state index contributed by atoms with van der Waals surface area (Å²) in [5, 5.41) is 0.462. The fourth-order valence-electron chi connectivity index (χ4n) is 1.65. The smallest absolute Gasteiger partial charge is 0.255 e. The number of carbonyl (C=O) groups is 1. The molecule has 0 spiro atoms. The third-order valence-corrected chi connectivity index (χ3v) is 3.37. The zero-order valence-corrected chi connectivity index (χ0v) is 11.7. The van der Waals surface area contributed by atoms with Crippen LogP contribution in [0.2, 0.25) is 10.0 Å². The number of benzene rings is 1. The van der Waals surface area contributed by atoms with Crippen molar-refractivity contribution in [2.45, 2.75) is 6.54 Å². The van der Waals surface area contributed by atoms with Crippen LogP contribution < -0.4 is 5.73 Å². The zero-order chi connectivity index (χ0) is 14.0. The van der Waals surface area contributed by atoms with Gasteiger partial charge in [0.1, 0.15) is 5.82 Å². The van der Waals surface area contributed by atoms with Gasteiger partial charge in [0.2, 0.25) is 0 Å². The number of nitrogens with two attached hydrogens (primary N) is 1. The number of rotatable bonds is 3. The first-order valence-electron chi connectivity index (χ1n) is 5.47. The maximum absolute atomic E-state index is 12.3. The number of halogens is 2. The molecule has 2 aromatic rings. The molecule has 0 aliphatic heterocycles. The molecule has 7 heteroatoms. The number of nitrogens with zero attached hydrogens (tertiary/aromatic N) is 2. The van der Waals surface area contributed by atoms with Gasteiger partial charge in [-0.15, -0.1) is 0 Å². The number of hydrogen-bond acceptors (Lipinski definition) is 3. The second kappa shape index (κ2) is 5.50. The minimum absolute atomic E-state index is 0.201. The molecule has 3 N–H and O–H groups in total. The van der Waals surface area contributed by atoms with Crippen LogP contribution in [0.5, 0.6) is 0 Å². The van der Waals surface area contributed by atoms with Gasteiger partial charge in [-0.25, -0.2) is 4.98 Å². The minimum atomic E-state index is -0.268. The number of imidazole rings is 1. The van der Waals surface area contributed by atoms with Gasteiger partial charge in [-0.05, 0) is 12.1 Å². The lowest BCUT2D eigenvalue weighted by atomic mass is 10.1. The van der Waals surface area contributed by atoms with Gasteiger partial charge >= 0.3 is 0 Å². The summed E-state index contributed by atoms with van der Waals surface area (Å²) < 4.78 is 0. The Bertz CT molecular complexity index is 598. The van der Waals surface area contributed by atoms with E-state index >= 15 is 0 Å². The molecule has 1 heterocycles. The average Bonchev–Trinajstić information content (AvgIpc) is 2.85. The molecule has 1 aromatic heterocycles. The number of anilines is 1. The number of aromatic nitrogens is 2. The monoisotopic (exact) mass is 298 g/mol. The van der Waals surface area contributed by atoms with Gasteiger partial charge in [0, 0.05) is 25.1 Å². The van der Waals surface area contributed by atoms with Crippen molar-refractivity contribution >= 4 is 34.8 Å². The molecule has 1 aromatic carbocycles. The van der Waals surface area contributed by atoms with E-state index in [1.165, 1.54) is 17.0 Å². The number of hydrogen-bond donors (Lipinski definition) is 2. The van der Waals surface area contributed by atoms with Gasteiger partial charge in [-0.2, -0.15) is 0 Å². The molecule has 0 unspecified atom stereocenters. The van der Waals surface area contributed by atoms with Crippen molar-refractivity contribution in [3.05, 3.63) is 46.0 Å². The first-order chi connectivity index (χ1) is 8.99. The fraction of sp³-hybridized carbons (Fsp3) is 0.167. The molecule has 0 fully saturated rings. The Morgan fingerprint density at radius 1 is 1.47 bits per heavy atom. The summed E-state index contributed by atoms with van der Waals surface area (Å²) in [7, 11) is 1.65. The quantitative estimate of drug-likeness (QED) is 0.855. The van der Waals surface area contributed by atoms with Crippen LogP contribution in [-0.4, -0.2) is 27.8 Å². The van der Waals surface area contributed by atoms with Crippen LogP contribution in [0.1, 0.15) is 16.2 Å². The highest BCUT2D eigenvalue weighted by molar-refractivity contribution is 6.44. The Morgan fingerprint density at radius 3 is 2.84 bits per heavy atom. The van der Waals surface area contributed by atoms with Gasteiger partial charge in [-0.3, -0.25) is 4.79 Å². The van der Waals surface area contributed by atoms with Crippen molar-refractivity contribution in [3.8, 4) is 0 Å². The van der Waals surface area contributed by atoms with Gasteiger partial charge < -0.3 is 15.6 Å². The van der Waals surface area contributed by atoms with Crippen molar-refractivity contribution in [1.82, 2.24) is 14.9 Å². The molecule has 100 valence electrons. The van der Waals surface area contributed by atoms with E-state index in [1.807, 2.05) is 0 Å².